The molecule has 1 fully saturated rings. The van der Waals surface area contributed by atoms with Crippen molar-refractivity contribution in [3.8, 4) is 22.3 Å². The predicted octanol–water partition coefficient (Wildman–Crippen LogP) is 5.63. The largest absolute Gasteiger partial charge is 0.463 e. The van der Waals surface area contributed by atoms with Gasteiger partial charge < -0.3 is 14.2 Å². The molecule has 0 unspecified atom stereocenters. The van der Waals surface area contributed by atoms with E-state index in [4.69, 9.17) is 14.2 Å². The van der Waals surface area contributed by atoms with Crippen LogP contribution in [0.15, 0.2) is 66.7 Å². The number of aryl methyl sites for hydroxylation is 1. The lowest BCUT2D eigenvalue weighted by molar-refractivity contribution is -0.137. The number of carbonyl (C=O) groups excluding carboxylic acids is 2. The van der Waals surface area contributed by atoms with E-state index in [1.807, 2.05) is 24.3 Å². The van der Waals surface area contributed by atoms with Gasteiger partial charge in [0, 0.05) is 18.1 Å². The molecule has 5 heteroatoms. The van der Waals surface area contributed by atoms with Crippen molar-refractivity contribution >= 4 is 18.3 Å². The van der Waals surface area contributed by atoms with Crippen molar-refractivity contribution in [1.82, 2.24) is 0 Å². The van der Waals surface area contributed by atoms with Crippen LogP contribution in [0.1, 0.15) is 34.0 Å². The normalized spacial score (nSPS) is 13.9. The molecule has 0 radical (unpaired) electrons. The first kappa shape index (κ1) is 23.6. The Hall–Kier alpha value is -3.54. The van der Waals surface area contributed by atoms with Gasteiger partial charge in [0.05, 0.1) is 19.8 Å². The zero-order valence-electron chi connectivity index (χ0n) is 19.5. The van der Waals surface area contributed by atoms with Gasteiger partial charge in [-0.25, -0.2) is 4.79 Å². The number of aldehydes is 1. The maximum Gasteiger partial charge on any atom is 0.330 e. The van der Waals surface area contributed by atoms with Crippen molar-refractivity contribution in [2.75, 3.05) is 19.8 Å². The van der Waals surface area contributed by atoms with E-state index in [1.165, 1.54) is 11.6 Å². The first-order valence-corrected chi connectivity index (χ1v) is 11.4. The van der Waals surface area contributed by atoms with Crippen molar-refractivity contribution in [3.05, 3.63) is 89.0 Å². The Balaban J connectivity index is 1.78. The minimum absolute atomic E-state index is 0.242. The topological polar surface area (TPSA) is 61.8 Å². The van der Waals surface area contributed by atoms with Crippen molar-refractivity contribution in [2.45, 2.75) is 26.6 Å². The summed E-state index contributed by atoms with van der Waals surface area (Å²) in [6, 6.07) is 19.9. The summed E-state index contributed by atoms with van der Waals surface area (Å²) in [6.07, 6.45) is 4.45. The number of rotatable bonds is 8. The summed E-state index contributed by atoms with van der Waals surface area (Å²) in [5.41, 5.74) is 7.69. The highest BCUT2D eigenvalue weighted by Crippen LogP contribution is 2.33. The highest BCUT2D eigenvalue weighted by atomic mass is 16.7. The Bertz CT molecular complexity index is 1200. The average Bonchev–Trinajstić information content (AvgIpc) is 3.36. The second-order valence-electron chi connectivity index (χ2n) is 8.17. The van der Waals surface area contributed by atoms with Gasteiger partial charge in [-0.1, -0.05) is 54.1 Å². The maximum atomic E-state index is 12.0. The smallest absolute Gasteiger partial charge is 0.330 e. The molecule has 1 saturated heterocycles. The van der Waals surface area contributed by atoms with Crippen LogP contribution in [0.25, 0.3) is 28.3 Å². The van der Waals surface area contributed by atoms with E-state index in [-0.39, 0.29) is 6.29 Å². The molecule has 3 aromatic carbocycles. The Labute approximate surface area is 200 Å². The average molecular weight is 457 g/mol. The molecule has 3 aromatic rings. The van der Waals surface area contributed by atoms with Gasteiger partial charge >= 0.3 is 5.97 Å². The van der Waals surface area contributed by atoms with Gasteiger partial charge in [-0.05, 0) is 65.4 Å². The van der Waals surface area contributed by atoms with E-state index < -0.39 is 5.97 Å². The monoisotopic (exact) mass is 456 g/mol. The molecule has 0 aliphatic carbocycles. The summed E-state index contributed by atoms with van der Waals surface area (Å²) in [5, 5.41) is 0. The van der Waals surface area contributed by atoms with Gasteiger partial charge in [0.2, 0.25) is 0 Å². The van der Waals surface area contributed by atoms with Crippen LogP contribution in [0.3, 0.4) is 0 Å². The lowest BCUT2D eigenvalue weighted by Gasteiger charge is -2.16. The van der Waals surface area contributed by atoms with Gasteiger partial charge in [-0.2, -0.15) is 0 Å². The van der Waals surface area contributed by atoms with Gasteiger partial charge in [0.1, 0.15) is 6.29 Å². The summed E-state index contributed by atoms with van der Waals surface area (Å²) in [4.78, 5) is 23.3. The molecule has 0 N–H and O–H groups in total. The van der Waals surface area contributed by atoms with Gasteiger partial charge in [0.25, 0.3) is 0 Å². The fourth-order valence-electron chi connectivity index (χ4n) is 4.14. The van der Waals surface area contributed by atoms with E-state index in [1.54, 1.807) is 19.1 Å². The third-order valence-corrected chi connectivity index (χ3v) is 5.72. The first-order chi connectivity index (χ1) is 16.6. The van der Waals surface area contributed by atoms with Crippen LogP contribution in [0.5, 0.6) is 0 Å². The van der Waals surface area contributed by atoms with E-state index in [9.17, 15) is 9.59 Å². The summed E-state index contributed by atoms with van der Waals surface area (Å²) in [6.45, 7) is 5.39. The number of hydrogen-bond donors (Lipinski definition) is 0. The lowest BCUT2D eigenvalue weighted by Crippen LogP contribution is -2.12. The van der Waals surface area contributed by atoms with Crippen LogP contribution < -0.4 is 0 Å². The molecular formula is C29H28O5. The molecule has 0 atom stereocenters. The van der Waals surface area contributed by atoms with Crippen LogP contribution in [0.2, 0.25) is 0 Å². The standard InChI is InChI=1S/C29H28O5/c1-3-32-28(31)12-9-24-17-23(8-11-26(24)22-6-4-5-21(16-22)19-30)27-10-7-20(2)15-25(27)18-29-33-13-14-34-29/h4-12,15-17,19,29H,3,13-14,18H2,1-2H3/b12-9+. The molecule has 1 aliphatic heterocycles. The number of ether oxygens (including phenoxy) is 3. The van der Waals surface area contributed by atoms with E-state index in [0.717, 1.165) is 39.7 Å². The molecule has 0 saturated carbocycles. The van der Waals surface area contributed by atoms with Crippen molar-refractivity contribution in [2.24, 2.45) is 0 Å². The van der Waals surface area contributed by atoms with Crippen LogP contribution >= 0.6 is 0 Å². The summed E-state index contributed by atoms with van der Waals surface area (Å²) < 4.78 is 16.4. The van der Waals surface area contributed by atoms with Crippen LogP contribution in [-0.4, -0.2) is 38.4 Å². The fraction of sp³-hybridized carbons (Fsp3) is 0.241. The first-order valence-electron chi connectivity index (χ1n) is 11.4. The molecule has 5 nitrogen and oxygen atoms in total. The summed E-state index contributed by atoms with van der Waals surface area (Å²) in [7, 11) is 0. The van der Waals surface area contributed by atoms with E-state index in [0.29, 0.717) is 31.8 Å². The minimum atomic E-state index is -0.396. The number of carbonyl (C=O) groups is 2. The Morgan fingerprint density at radius 3 is 2.53 bits per heavy atom. The number of esters is 1. The molecule has 0 aromatic heterocycles. The predicted molar refractivity (Wildman–Crippen MR) is 133 cm³/mol. The second kappa shape index (κ2) is 11.1. The SMILES string of the molecule is CCOC(=O)/C=C/c1cc(-c2ccc(C)cc2CC2OCCO2)ccc1-c1cccc(C=O)c1. The van der Waals surface area contributed by atoms with Crippen molar-refractivity contribution in [1.29, 1.82) is 0 Å². The molecule has 0 spiro atoms. The third-order valence-electron chi connectivity index (χ3n) is 5.72. The molecule has 0 amide bonds. The number of hydrogen-bond acceptors (Lipinski definition) is 5. The summed E-state index contributed by atoms with van der Waals surface area (Å²) in [5.74, 6) is -0.396. The number of benzene rings is 3. The molecule has 34 heavy (non-hydrogen) atoms. The maximum absolute atomic E-state index is 12.0. The molecular weight excluding hydrogens is 428 g/mol. The van der Waals surface area contributed by atoms with Gasteiger partial charge in [-0.3, -0.25) is 4.79 Å². The second-order valence-corrected chi connectivity index (χ2v) is 8.17. The van der Waals surface area contributed by atoms with Crippen LogP contribution in [0.4, 0.5) is 0 Å². The van der Waals surface area contributed by atoms with Crippen LogP contribution in [0, 0.1) is 6.92 Å². The molecule has 0 bridgehead atoms. The zero-order chi connectivity index (χ0) is 23.9. The Kier molecular flexibility index (Phi) is 7.68. The molecule has 1 aliphatic rings. The van der Waals surface area contributed by atoms with Crippen molar-refractivity contribution in [3.63, 3.8) is 0 Å². The highest BCUT2D eigenvalue weighted by Gasteiger charge is 2.19. The van der Waals surface area contributed by atoms with Crippen molar-refractivity contribution < 1.29 is 23.8 Å². The zero-order valence-corrected chi connectivity index (χ0v) is 19.5. The molecule has 174 valence electrons. The highest BCUT2D eigenvalue weighted by molar-refractivity contribution is 5.91. The Morgan fingerprint density at radius 2 is 1.76 bits per heavy atom. The van der Waals surface area contributed by atoms with Gasteiger partial charge in [-0.15, -0.1) is 0 Å². The third kappa shape index (κ3) is 5.68. The quantitative estimate of drug-likeness (QED) is 0.250. The minimum Gasteiger partial charge on any atom is -0.463 e. The Morgan fingerprint density at radius 1 is 1.00 bits per heavy atom. The lowest BCUT2D eigenvalue weighted by atomic mass is 9.91. The molecule has 4 rings (SSSR count). The molecule has 1 heterocycles. The van der Waals surface area contributed by atoms with E-state index in [2.05, 4.69) is 37.3 Å². The van der Waals surface area contributed by atoms with Crippen LogP contribution in [-0.2, 0) is 25.4 Å². The summed E-state index contributed by atoms with van der Waals surface area (Å²) >= 11 is 0. The van der Waals surface area contributed by atoms with E-state index >= 15 is 0 Å². The fourth-order valence-corrected chi connectivity index (χ4v) is 4.14. The van der Waals surface area contributed by atoms with Gasteiger partial charge in [0.15, 0.2) is 6.29 Å².